The van der Waals surface area contributed by atoms with Crippen molar-refractivity contribution in [1.82, 2.24) is 14.7 Å². The summed E-state index contributed by atoms with van der Waals surface area (Å²) in [5.41, 5.74) is 0.908. The summed E-state index contributed by atoms with van der Waals surface area (Å²) in [6.45, 7) is 9.13. The fourth-order valence-electron chi connectivity index (χ4n) is 3.72. The van der Waals surface area contributed by atoms with Gasteiger partial charge in [0.2, 0.25) is 5.91 Å². The van der Waals surface area contributed by atoms with Gasteiger partial charge in [0.1, 0.15) is 5.75 Å². The van der Waals surface area contributed by atoms with Crippen molar-refractivity contribution in [2.24, 2.45) is 5.92 Å². The molecule has 1 aliphatic rings. The first kappa shape index (κ1) is 18.3. The standard InChI is InChI=1S/C20H28N4O2/c1-16(14-23-11-7-10-21-23)19(25)22-12-13-24(20(2,3)15-22)17-8-5-6-9-18(17)26-4/h5-11,16H,12-15H2,1-4H3. The van der Waals surface area contributed by atoms with Crippen molar-refractivity contribution in [2.75, 3.05) is 31.6 Å². The van der Waals surface area contributed by atoms with Crippen molar-refractivity contribution in [3.05, 3.63) is 42.7 Å². The number of rotatable bonds is 5. The van der Waals surface area contributed by atoms with E-state index in [1.54, 1.807) is 13.3 Å². The summed E-state index contributed by atoms with van der Waals surface area (Å²) >= 11 is 0. The van der Waals surface area contributed by atoms with Crippen LogP contribution in [0.3, 0.4) is 0 Å². The lowest BCUT2D eigenvalue weighted by atomic mass is 9.96. The molecule has 2 aromatic rings. The number of piperazine rings is 1. The van der Waals surface area contributed by atoms with E-state index in [1.165, 1.54) is 0 Å². The molecular weight excluding hydrogens is 328 g/mol. The lowest BCUT2D eigenvalue weighted by Crippen LogP contribution is -2.61. The van der Waals surface area contributed by atoms with Gasteiger partial charge in [0, 0.05) is 32.0 Å². The fourth-order valence-corrected chi connectivity index (χ4v) is 3.72. The van der Waals surface area contributed by atoms with Crippen LogP contribution in [0, 0.1) is 5.92 Å². The highest BCUT2D eigenvalue weighted by atomic mass is 16.5. The Morgan fingerprint density at radius 2 is 2.04 bits per heavy atom. The van der Waals surface area contributed by atoms with Crippen molar-refractivity contribution in [3.8, 4) is 5.75 Å². The van der Waals surface area contributed by atoms with Crippen LogP contribution in [0.1, 0.15) is 20.8 Å². The first-order valence-electron chi connectivity index (χ1n) is 9.09. The number of ether oxygens (including phenoxy) is 1. The maximum absolute atomic E-state index is 12.9. The number of hydrogen-bond acceptors (Lipinski definition) is 4. The monoisotopic (exact) mass is 356 g/mol. The van der Waals surface area contributed by atoms with E-state index >= 15 is 0 Å². The lowest BCUT2D eigenvalue weighted by molar-refractivity contribution is -0.137. The van der Waals surface area contributed by atoms with Gasteiger partial charge in [-0.15, -0.1) is 0 Å². The third-order valence-electron chi connectivity index (χ3n) is 5.03. The second kappa shape index (κ2) is 7.40. The molecule has 0 spiro atoms. The highest BCUT2D eigenvalue weighted by molar-refractivity contribution is 5.79. The van der Waals surface area contributed by atoms with Gasteiger partial charge in [-0.2, -0.15) is 5.10 Å². The van der Waals surface area contributed by atoms with Crippen molar-refractivity contribution in [1.29, 1.82) is 0 Å². The molecule has 0 saturated carbocycles. The highest BCUT2D eigenvalue weighted by Crippen LogP contribution is 2.35. The number of carbonyl (C=O) groups excluding carboxylic acids is 1. The molecule has 2 heterocycles. The van der Waals surface area contributed by atoms with Gasteiger partial charge in [0.05, 0.1) is 30.8 Å². The third-order valence-corrected chi connectivity index (χ3v) is 5.03. The van der Waals surface area contributed by atoms with Gasteiger partial charge >= 0.3 is 0 Å². The van der Waals surface area contributed by atoms with Crippen molar-refractivity contribution < 1.29 is 9.53 Å². The second-order valence-electron chi connectivity index (χ2n) is 7.52. The molecule has 1 aliphatic heterocycles. The zero-order chi connectivity index (χ0) is 18.7. The molecule has 6 nitrogen and oxygen atoms in total. The highest BCUT2D eigenvalue weighted by Gasteiger charge is 2.37. The van der Waals surface area contributed by atoms with Gasteiger partial charge in [-0.3, -0.25) is 9.48 Å². The average molecular weight is 356 g/mol. The summed E-state index contributed by atoms with van der Waals surface area (Å²) in [7, 11) is 1.70. The Bertz CT molecular complexity index is 742. The zero-order valence-electron chi connectivity index (χ0n) is 16.1. The maximum Gasteiger partial charge on any atom is 0.227 e. The molecule has 1 atom stereocenters. The van der Waals surface area contributed by atoms with Crippen LogP contribution in [0.25, 0.3) is 0 Å². The SMILES string of the molecule is COc1ccccc1N1CCN(C(=O)C(C)Cn2cccn2)CC1(C)C. The van der Waals surface area contributed by atoms with Gasteiger partial charge in [0.15, 0.2) is 0 Å². The predicted octanol–water partition coefficient (Wildman–Crippen LogP) is 2.66. The molecule has 6 heteroatoms. The van der Waals surface area contributed by atoms with Crippen LogP contribution in [-0.4, -0.2) is 52.9 Å². The van der Waals surface area contributed by atoms with Gasteiger partial charge in [-0.05, 0) is 32.0 Å². The normalized spacial score (nSPS) is 17.8. The van der Waals surface area contributed by atoms with Crippen molar-refractivity contribution in [3.63, 3.8) is 0 Å². The zero-order valence-corrected chi connectivity index (χ0v) is 16.1. The average Bonchev–Trinajstić information content (AvgIpc) is 3.13. The Kier molecular flexibility index (Phi) is 5.20. The smallest absolute Gasteiger partial charge is 0.227 e. The van der Waals surface area contributed by atoms with Gasteiger partial charge in [-0.25, -0.2) is 0 Å². The first-order chi connectivity index (χ1) is 12.4. The van der Waals surface area contributed by atoms with Crippen LogP contribution >= 0.6 is 0 Å². The van der Waals surface area contributed by atoms with Crippen molar-refractivity contribution in [2.45, 2.75) is 32.9 Å². The summed E-state index contributed by atoms with van der Waals surface area (Å²) in [6.07, 6.45) is 3.64. The maximum atomic E-state index is 12.9. The fraction of sp³-hybridized carbons (Fsp3) is 0.500. The third kappa shape index (κ3) is 3.69. The van der Waals surface area contributed by atoms with E-state index in [1.807, 2.05) is 47.0 Å². The molecule has 1 amide bonds. The first-order valence-corrected chi connectivity index (χ1v) is 9.09. The number of benzene rings is 1. The number of amides is 1. The number of aromatic nitrogens is 2. The van der Waals surface area contributed by atoms with Crippen LogP contribution in [0.5, 0.6) is 5.75 Å². The molecule has 1 aromatic carbocycles. The van der Waals surface area contributed by atoms with E-state index in [2.05, 4.69) is 29.9 Å². The Balaban J connectivity index is 1.71. The van der Waals surface area contributed by atoms with E-state index in [4.69, 9.17) is 4.74 Å². The van der Waals surface area contributed by atoms with Crippen LogP contribution in [0.2, 0.25) is 0 Å². The minimum atomic E-state index is -0.173. The number of anilines is 1. The lowest BCUT2D eigenvalue weighted by Gasteiger charge is -2.49. The van der Waals surface area contributed by atoms with Gasteiger partial charge in [0.25, 0.3) is 0 Å². The minimum absolute atomic E-state index is 0.0940. The quantitative estimate of drug-likeness (QED) is 0.826. The molecule has 1 aromatic heterocycles. The largest absolute Gasteiger partial charge is 0.495 e. The number of methoxy groups -OCH3 is 1. The van der Waals surface area contributed by atoms with E-state index in [9.17, 15) is 4.79 Å². The summed E-state index contributed by atoms with van der Waals surface area (Å²) in [5, 5.41) is 4.21. The predicted molar refractivity (Wildman–Crippen MR) is 102 cm³/mol. The number of nitrogens with zero attached hydrogens (tertiary/aromatic N) is 4. The molecule has 26 heavy (non-hydrogen) atoms. The summed E-state index contributed by atoms with van der Waals surface area (Å²) in [5.74, 6) is 0.962. The summed E-state index contributed by atoms with van der Waals surface area (Å²) in [6, 6.07) is 9.95. The molecule has 0 radical (unpaired) electrons. The molecule has 1 unspecified atom stereocenters. The molecule has 1 saturated heterocycles. The Labute approximate surface area is 155 Å². The molecule has 3 rings (SSSR count). The van der Waals surface area contributed by atoms with E-state index in [0.29, 0.717) is 19.6 Å². The molecule has 0 aliphatic carbocycles. The van der Waals surface area contributed by atoms with Gasteiger partial charge in [-0.1, -0.05) is 19.1 Å². The minimum Gasteiger partial charge on any atom is -0.495 e. The van der Waals surface area contributed by atoms with Crippen LogP contribution in [0.15, 0.2) is 42.7 Å². The number of hydrogen-bond donors (Lipinski definition) is 0. The second-order valence-corrected chi connectivity index (χ2v) is 7.52. The number of carbonyl (C=O) groups is 1. The van der Waals surface area contributed by atoms with Crippen LogP contribution < -0.4 is 9.64 Å². The van der Waals surface area contributed by atoms with Crippen LogP contribution in [-0.2, 0) is 11.3 Å². The van der Waals surface area contributed by atoms with Crippen LogP contribution in [0.4, 0.5) is 5.69 Å². The Hall–Kier alpha value is -2.50. The molecule has 140 valence electrons. The van der Waals surface area contributed by atoms with Crippen molar-refractivity contribution >= 4 is 11.6 Å². The Morgan fingerprint density at radius 1 is 1.27 bits per heavy atom. The summed E-state index contributed by atoms with van der Waals surface area (Å²) < 4.78 is 7.35. The molecule has 1 fully saturated rings. The number of para-hydroxylation sites is 2. The topological polar surface area (TPSA) is 50.6 Å². The molecule has 0 N–H and O–H groups in total. The Morgan fingerprint density at radius 3 is 2.69 bits per heavy atom. The molecular formula is C20H28N4O2. The molecule has 0 bridgehead atoms. The van der Waals surface area contributed by atoms with E-state index in [0.717, 1.165) is 18.0 Å². The van der Waals surface area contributed by atoms with E-state index in [-0.39, 0.29) is 17.4 Å². The summed E-state index contributed by atoms with van der Waals surface area (Å²) in [4.78, 5) is 17.2. The van der Waals surface area contributed by atoms with E-state index < -0.39 is 0 Å². The van der Waals surface area contributed by atoms with Gasteiger partial charge < -0.3 is 14.5 Å².